The van der Waals surface area contributed by atoms with Crippen LogP contribution in [0.25, 0.3) is 0 Å². The molecule has 8 heteroatoms. The van der Waals surface area contributed by atoms with Gasteiger partial charge in [-0.15, -0.1) is 0 Å². The Hall–Kier alpha value is -3.52. The highest BCUT2D eigenvalue weighted by Gasteiger charge is 2.20. The van der Waals surface area contributed by atoms with Crippen molar-refractivity contribution in [2.24, 2.45) is 0 Å². The zero-order chi connectivity index (χ0) is 22.4. The van der Waals surface area contributed by atoms with Crippen molar-refractivity contribution in [3.63, 3.8) is 0 Å². The van der Waals surface area contributed by atoms with Crippen LogP contribution in [0.15, 0.2) is 71.6 Å². The molecule has 0 saturated carbocycles. The fraction of sp³-hybridized carbons (Fsp3) is 0.174. The van der Waals surface area contributed by atoms with Crippen LogP contribution in [0.4, 0.5) is 5.69 Å². The lowest BCUT2D eigenvalue weighted by atomic mass is 10.1. The van der Waals surface area contributed by atoms with Gasteiger partial charge in [-0.3, -0.25) is 9.52 Å². The number of methoxy groups -OCH3 is 2. The zero-order valence-corrected chi connectivity index (χ0v) is 18.3. The van der Waals surface area contributed by atoms with E-state index in [-0.39, 0.29) is 22.9 Å². The lowest BCUT2D eigenvalue weighted by molar-refractivity contribution is 0.0950. The topological polar surface area (TPSA) is 93.7 Å². The van der Waals surface area contributed by atoms with Crippen LogP contribution in [0, 0.1) is 6.92 Å². The molecule has 2 N–H and O–H groups in total. The van der Waals surface area contributed by atoms with Gasteiger partial charge in [-0.2, -0.15) is 0 Å². The SMILES string of the molecule is COc1cccc(CNC(=O)c2ccc(C)c(S(=O)(=O)Nc3ccccc3OC)c2)c1. The van der Waals surface area contributed by atoms with Crippen LogP contribution in [-0.4, -0.2) is 28.5 Å². The van der Waals surface area contributed by atoms with E-state index < -0.39 is 10.0 Å². The highest BCUT2D eigenvalue weighted by atomic mass is 32.2. The maximum Gasteiger partial charge on any atom is 0.262 e. The number of hydrogen-bond acceptors (Lipinski definition) is 5. The minimum absolute atomic E-state index is 0.0208. The van der Waals surface area contributed by atoms with Gasteiger partial charge in [0.1, 0.15) is 11.5 Å². The molecule has 0 aliphatic carbocycles. The van der Waals surface area contributed by atoms with E-state index in [4.69, 9.17) is 9.47 Å². The summed E-state index contributed by atoms with van der Waals surface area (Å²) in [5, 5.41) is 2.80. The van der Waals surface area contributed by atoms with Gasteiger partial charge < -0.3 is 14.8 Å². The third-order valence-electron chi connectivity index (χ3n) is 4.68. The van der Waals surface area contributed by atoms with Crippen LogP contribution in [0.5, 0.6) is 11.5 Å². The Morgan fingerprint density at radius 2 is 1.71 bits per heavy atom. The van der Waals surface area contributed by atoms with Crippen LogP contribution < -0.4 is 19.5 Å². The number of rotatable bonds is 8. The molecule has 0 atom stereocenters. The van der Waals surface area contributed by atoms with Gasteiger partial charge in [0.15, 0.2) is 0 Å². The summed E-state index contributed by atoms with van der Waals surface area (Å²) >= 11 is 0. The molecule has 162 valence electrons. The predicted molar refractivity (Wildman–Crippen MR) is 119 cm³/mol. The first-order valence-electron chi connectivity index (χ1n) is 9.51. The molecule has 3 rings (SSSR count). The van der Waals surface area contributed by atoms with E-state index in [1.165, 1.54) is 13.2 Å². The average Bonchev–Trinajstić information content (AvgIpc) is 2.78. The molecule has 0 saturated heterocycles. The van der Waals surface area contributed by atoms with E-state index in [0.717, 1.165) is 5.56 Å². The summed E-state index contributed by atoms with van der Waals surface area (Å²) in [6, 6.07) is 18.6. The Morgan fingerprint density at radius 1 is 0.935 bits per heavy atom. The van der Waals surface area contributed by atoms with Gasteiger partial charge in [0.25, 0.3) is 15.9 Å². The highest BCUT2D eigenvalue weighted by molar-refractivity contribution is 7.92. The number of nitrogens with one attached hydrogen (secondary N) is 2. The van der Waals surface area contributed by atoms with Gasteiger partial charge in [-0.25, -0.2) is 8.42 Å². The van der Waals surface area contributed by atoms with Gasteiger partial charge in [-0.05, 0) is 54.4 Å². The molecule has 0 aliphatic rings. The van der Waals surface area contributed by atoms with E-state index in [0.29, 0.717) is 22.7 Å². The molecule has 0 unspecified atom stereocenters. The molecule has 0 bridgehead atoms. The molecule has 7 nitrogen and oxygen atoms in total. The highest BCUT2D eigenvalue weighted by Crippen LogP contribution is 2.27. The summed E-state index contributed by atoms with van der Waals surface area (Å²) in [7, 11) is -0.897. The van der Waals surface area contributed by atoms with Crippen LogP contribution in [0.2, 0.25) is 0 Å². The summed E-state index contributed by atoms with van der Waals surface area (Å²) < 4.78 is 38.9. The number of sulfonamides is 1. The second-order valence-electron chi connectivity index (χ2n) is 6.82. The monoisotopic (exact) mass is 440 g/mol. The van der Waals surface area contributed by atoms with Gasteiger partial charge in [0, 0.05) is 12.1 Å². The quantitative estimate of drug-likeness (QED) is 0.557. The smallest absolute Gasteiger partial charge is 0.262 e. The summed E-state index contributed by atoms with van der Waals surface area (Å²) in [6.45, 7) is 1.96. The van der Waals surface area contributed by atoms with Gasteiger partial charge in [0.05, 0.1) is 24.8 Å². The van der Waals surface area contributed by atoms with E-state index in [2.05, 4.69) is 10.0 Å². The van der Waals surface area contributed by atoms with Crippen molar-refractivity contribution in [2.45, 2.75) is 18.4 Å². The van der Waals surface area contributed by atoms with E-state index >= 15 is 0 Å². The standard InChI is InChI=1S/C23H24N2O5S/c1-16-11-12-18(23(26)24-15-17-7-6-8-19(13-17)29-2)14-22(16)31(27,28)25-20-9-4-5-10-21(20)30-3/h4-14,25H,15H2,1-3H3,(H,24,26). The minimum Gasteiger partial charge on any atom is -0.497 e. The molecule has 0 heterocycles. The molecule has 0 aliphatic heterocycles. The first kappa shape index (κ1) is 22.2. The lowest BCUT2D eigenvalue weighted by Gasteiger charge is -2.14. The van der Waals surface area contributed by atoms with Crippen molar-refractivity contribution in [2.75, 3.05) is 18.9 Å². The van der Waals surface area contributed by atoms with Crippen molar-refractivity contribution >= 4 is 21.6 Å². The number of ether oxygens (including phenoxy) is 2. The Bertz CT molecular complexity index is 1190. The van der Waals surface area contributed by atoms with Crippen molar-refractivity contribution in [3.05, 3.63) is 83.4 Å². The average molecular weight is 441 g/mol. The molecule has 3 aromatic rings. The summed E-state index contributed by atoms with van der Waals surface area (Å²) in [5.74, 6) is 0.713. The number of carbonyl (C=O) groups excluding carboxylic acids is 1. The number of carbonyl (C=O) groups is 1. The molecular weight excluding hydrogens is 416 g/mol. The largest absolute Gasteiger partial charge is 0.497 e. The number of amides is 1. The number of para-hydroxylation sites is 2. The number of aryl methyl sites for hydroxylation is 1. The number of hydrogen-bond donors (Lipinski definition) is 2. The lowest BCUT2D eigenvalue weighted by Crippen LogP contribution is -2.23. The van der Waals surface area contributed by atoms with Crippen molar-refractivity contribution < 1.29 is 22.7 Å². The Kier molecular flexibility index (Phi) is 6.81. The van der Waals surface area contributed by atoms with Crippen LogP contribution >= 0.6 is 0 Å². The maximum absolute atomic E-state index is 13.0. The van der Waals surface area contributed by atoms with Crippen molar-refractivity contribution in [1.82, 2.24) is 5.32 Å². The normalized spacial score (nSPS) is 10.9. The van der Waals surface area contributed by atoms with E-state index in [9.17, 15) is 13.2 Å². The molecule has 0 fully saturated rings. The molecule has 3 aromatic carbocycles. The van der Waals surface area contributed by atoms with E-state index in [1.54, 1.807) is 50.4 Å². The Labute approximate surface area is 182 Å². The molecule has 0 aromatic heterocycles. The first-order valence-corrected chi connectivity index (χ1v) is 11.0. The summed E-state index contributed by atoms with van der Waals surface area (Å²) in [6.07, 6.45) is 0. The number of anilines is 1. The molecule has 1 amide bonds. The Morgan fingerprint density at radius 3 is 2.45 bits per heavy atom. The molecule has 31 heavy (non-hydrogen) atoms. The fourth-order valence-corrected chi connectivity index (χ4v) is 4.37. The maximum atomic E-state index is 13.0. The fourth-order valence-electron chi connectivity index (χ4n) is 3.03. The minimum atomic E-state index is -3.94. The second kappa shape index (κ2) is 9.53. The van der Waals surface area contributed by atoms with Crippen LogP contribution in [-0.2, 0) is 16.6 Å². The third-order valence-corrected chi connectivity index (χ3v) is 6.19. The first-order chi connectivity index (χ1) is 14.8. The van der Waals surface area contributed by atoms with Crippen molar-refractivity contribution in [3.8, 4) is 11.5 Å². The number of benzene rings is 3. The Balaban J connectivity index is 1.81. The van der Waals surface area contributed by atoms with Gasteiger partial charge in [0.2, 0.25) is 0 Å². The molecule has 0 radical (unpaired) electrons. The van der Waals surface area contributed by atoms with Gasteiger partial charge in [-0.1, -0.05) is 30.3 Å². The van der Waals surface area contributed by atoms with Crippen molar-refractivity contribution in [1.29, 1.82) is 0 Å². The van der Waals surface area contributed by atoms with Crippen LogP contribution in [0.3, 0.4) is 0 Å². The predicted octanol–water partition coefficient (Wildman–Crippen LogP) is 3.74. The zero-order valence-electron chi connectivity index (χ0n) is 17.5. The summed E-state index contributed by atoms with van der Waals surface area (Å²) in [4.78, 5) is 12.7. The third kappa shape index (κ3) is 5.35. The summed E-state index contributed by atoms with van der Waals surface area (Å²) in [5.41, 5.74) is 1.95. The molecular formula is C23H24N2O5S. The molecule has 0 spiro atoms. The second-order valence-corrected chi connectivity index (χ2v) is 8.47. The van der Waals surface area contributed by atoms with Crippen LogP contribution in [0.1, 0.15) is 21.5 Å². The van der Waals surface area contributed by atoms with E-state index in [1.807, 2.05) is 24.3 Å². The van der Waals surface area contributed by atoms with Gasteiger partial charge >= 0.3 is 0 Å².